The van der Waals surface area contributed by atoms with E-state index in [-0.39, 0.29) is 5.82 Å². The van der Waals surface area contributed by atoms with E-state index in [0.29, 0.717) is 17.9 Å². The van der Waals surface area contributed by atoms with Crippen LogP contribution in [0.25, 0.3) is 0 Å². The van der Waals surface area contributed by atoms with E-state index in [1.807, 2.05) is 12.3 Å². The molecule has 0 radical (unpaired) electrons. The second-order valence-electron chi connectivity index (χ2n) is 2.75. The van der Waals surface area contributed by atoms with Crippen molar-refractivity contribution >= 4 is 11.8 Å². The number of hydrogen-bond donors (Lipinski definition) is 1. The van der Waals surface area contributed by atoms with Crippen LogP contribution in [0.1, 0.15) is 11.1 Å². The van der Waals surface area contributed by atoms with Gasteiger partial charge in [0.2, 0.25) is 0 Å². The van der Waals surface area contributed by atoms with E-state index < -0.39 is 0 Å². The predicted octanol–water partition coefficient (Wildman–Crippen LogP) is 2.00. The van der Waals surface area contributed by atoms with Gasteiger partial charge in [-0.05, 0) is 24.0 Å². The first-order valence-electron chi connectivity index (χ1n) is 4.24. The van der Waals surface area contributed by atoms with Crippen molar-refractivity contribution in [3.63, 3.8) is 0 Å². The lowest BCUT2D eigenvalue weighted by Crippen LogP contribution is -1.93. The lowest BCUT2D eigenvalue weighted by molar-refractivity contribution is 0.617. The standard InChI is InChI=1S/C11H12FNS/c1-14-8-10-5-4-9(3-2-6-13)7-11(10)12/h4-5,7H,6,8,13H2,1H3. The fraction of sp³-hybridized carbons (Fsp3) is 0.273. The minimum atomic E-state index is -0.192. The first-order valence-corrected chi connectivity index (χ1v) is 5.63. The summed E-state index contributed by atoms with van der Waals surface area (Å²) in [6, 6.07) is 5.04. The van der Waals surface area contributed by atoms with Gasteiger partial charge >= 0.3 is 0 Å². The van der Waals surface area contributed by atoms with Crippen LogP contribution in [0.15, 0.2) is 18.2 Å². The third-order valence-corrected chi connectivity index (χ3v) is 2.29. The van der Waals surface area contributed by atoms with Crippen molar-refractivity contribution in [2.45, 2.75) is 5.75 Å². The summed E-state index contributed by atoms with van der Waals surface area (Å²) in [5.74, 6) is 5.98. The molecule has 1 aromatic rings. The Balaban J connectivity index is 2.88. The molecule has 0 aromatic heterocycles. The molecule has 1 rings (SSSR count). The lowest BCUT2D eigenvalue weighted by Gasteiger charge is -2.00. The topological polar surface area (TPSA) is 26.0 Å². The van der Waals surface area contributed by atoms with Crippen molar-refractivity contribution in [2.75, 3.05) is 12.8 Å². The molecule has 1 nitrogen and oxygen atoms in total. The minimum Gasteiger partial charge on any atom is -0.320 e. The molecule has 0 aliphatic heterocycles. The molecule has 0 saturated heterocycles. The Labute approximate surface area is 87.9 Å². The summed E-state index contributed by atoms with van der Waals surface area (Å²) >= 11 is 1.60. The Morgan fingerprint density at radius 2 is 2.29 bits per heavy atom. The van der Waals surface area contributed by atoms with Gasteiger partial charge in [-0.25, -0.2) is 4.39 Å². The summed E-state index contributed by atoms with van der Waals surface area (Å²) in [7, 11) is 0. The quantitative estimate of drug-likeness (QED) is 0.754. The van der Waals surface area contributed by atoms with Gasteiger partial charge in [0.15, 0.2) is 0 Å². The van der Waals surface area contributed by atoms with Gasteiger partial charge in [0, 0.05) is 11.3 Å². The van der Waals surface area contributed by atoms with Crippen LogP contribution in [0.3, 0.4) is 0 Å². The number of thioether (sulfide) groups is 1. The van der Waals surface area contributed by atoms with Crippen LogP contribution in [-0.4, -0.2) is 12.8 Å². The first-order chi connectivity index (χ1) is 6.77. The maximum Gasteiger partial charge on any atom is 0.128 e. The molecule has 0 fully saturated rings. The number of halogens is 1. The van der Waals surface area contributed by atoms with Crippen LogP contribution in [0.4, 0.5) is 4.39 Å². The van der Waals surface area contributed by atoms with Crippen molar-refractivity contribution in [1.29, 1.82) is 0 Å². The fourth-order valence-corrected chi connectivity index (χ4v) is 1.60. The Morgan fingerprint density at radius 3 is 2.86 bits per heavy atom. The summed E-state index contributed by atoms with van der Waals surface area (Å²) in [6.07, 6.45) is 1.95. The van der Waals surface area contributed by atoms with Crippen molar-refractivity contribution in [2.24, 2.45) is 5.73 Å². The van der Waals surface area contributed by atoms with Crippen LogP contribution < -0.4 is 5.73 Å². The number of benzene rings is 1. The number of rotatable bonds is 2. The van der Waals surface area contributed by atoms with E-state index in [9.17, 15) is 4.39 Å². The molecule has 14 heavy (non-hydrogen) atoms. The molecule has 0 spiro atoms. The highest BCUT2D eigenvalue weighted by atomic mass is 32.2. The maximum atomic E-state index is 13.4. The van der Waals surface area contributed by atoms with Crippen LogP contribution in [0.5, 0.6) is 0 Å². The number of hydrogen-bond acceptors (Lipinski definition) is 2. The second-order valence-corrected chi connectivity index (χ2v) is 3.61. The highest BCUT2D eigenvalue weighted by Crippen LogP contribution is 2.14. The van der Waals surface area contributed by atoms with Gasteiger partial charge in [0.1, 0.15) is 5.82 Å². The zero-order chi connectivity index (χ0) is 10.4. The monoisotopic (exact) mass is 209 g/mol. The predicted molar refractivity (Wildman–Crippen MR) is 59.6 cm³/mol. The zero-order valence-corrected chi connectivity index (χ0v) is 8.83. The Kier molecular flexibility index (Phi) is 4.51. The van der Waals surface area contributed by atoms with E-state index in [1.165, 1.54) is 6.07 Å². The van der Waals surface area contributed by atoms with Gasteiger partial charge < -0.3 is 5.73 Å². The van der Waals surface area contributed by atoms with E-state index in [1.54, 1.807) is 17.8 Å². The van der Waals surface area contributed by atoms with E-state index in [0.717, 1.165) is 5.56 Å². The van der Waals surface area contributed by atoms with E-state index in [4.69, 9.17) is 5.73 Å². The van der Waals surface area contributed by atoms with E-state index >= 15 is 0 Å². The summed E-state index contributed by atoms with van der Waals surface area (Å²) in [5.41, 5.74) is 6.62. The smallest absolute Gasteiger partial charge is 0.128 e. The van der Waals surface area contributed by atoms with Crippen LogP contribution in [-0.2, 0) is 5.75 Å². The summed E-state index contributed by atoms with van der Waals surface area (Å²) in [5, 5.41) is 0. The molecule has 3 heteroatoms. The first kappa shape index (κ1) is 11.1. The van der Waals surface area contributed by atoms with Gasteiger partial charge in [-0.3, -0.25) is 0 Å². The Bertz CT molecular complexity index is 365. The third kappa shape index (κ3) is 3.06. The summed E-state index contributed by atoms with van der Waals surface area (Å²) < 4.78 is 13.4. The van der Waals surface area contributed by atoms with Crippen molar-refractivity contribution in [3.8, 4) is 11.8 Å². The molecule has 2 N–H and O–H groups in total. The second kappa shape index (κ2) is 5.69. The molecular weight excluding hydrogens is 197 g/mol. The maximum absolute atomic E-state index is 13.4. The molecule has 0 heterocycles. The molecule has 0 aliphatic rings. The molecule has 0 aliphatic carbocycles. The lowest BCUT2D eigenvalue weighted by atomic mass is 10.1. The average Bonchev–Trinajstić information content (AvgIpc) is 2.19. The van der Waals surface area contributed by atoms with Gasteiger partial charge in [-0.2, -0.15) is 11.8 Å². The molecule has 1 aromatic carbocycles. The fourth-order valence-electron chi connectivity index (χ4n) is 1.05. The molecule has 0 bridgehead atoms. The van der Waals surface area contributed by atoms with Crippen LogP contribution >= 0.6 is 11.8 Å². The normalized spacial score (nSPS) is 9.36. The highest BCUT2D eigenvalue weighted by molar-refractivity contribution is 7.97. The summed E-state index contributed by atoms with van der Waals surface area (Å²) in [4.78, 5) is 0. The number of nitrogens with two attached hydrogens (primary N) is 1. The molecule has 0 atom stereocenters. The molecule has 0 saturated carbocycles. The molecule has 74 valence electrons. The SMILES string of the molecule is CSCc1ccc(C#CCN)cc1F. The Hall–Kier alpha value is -0.980. The van der Waals surface area contributed by atoms with Gasteiger partial charge in [0.05, 0.1) is 6.54 Å². The van der Waals surface area contributed by atoms with Crippen LogP contribution in [0.2, 0.25) is 0 Å². The molecular formula is C11H12FNS. The highest BCUT2D eigenvalue weighted by Gasteiger charge is 2.00. The molecule has 0 unspecified atom stereocenters. The Morgan fingerprint density at radius 1 is 1.50 bits per heavy atom. The van der Waals surface area contributed by atoms with Crippen LogP contribution in [0, 0.1) is 17.7 Å². The van der Waals surface area contributed by atoms with E-state index in [2.05, 4.69) is 11.8 Å². The average molecular weight is 209 g/mol. The van der Waals surface area contributed by atoms with Crippen molar-refractivity contribution < 1.29 is 4.39 Å². The molecule has 0 amide bonds. The zero-order valence-electron chi connectivity index (χ0n) is 8.01. The van der Waals surface area contributed by atoms with Crippen molar-refractivity contribution in [3.05, 3.63) is 35.1 Å². The van der Waals surface area contributed by atoms with Gasteiger partial charge in [0.25, 0.3) is 0 Å². The summed E-state index contributed by atoms with van der Waals surface area (Å²) in [6.45, 7) is 0.300. The van der Waals surface area contributed by atoms with Gasteiger partial charge in [-0.1, -0.05) is 17.9 Å². The van der Waals surface area contributed by atoms with Gasteiger partial charge in [-0.15, -0.1) is 0 Å². The van der Waals surface area contributed by atoms with Crippen molar-refractivity contribution in [1.82, 2.24) is 0 Å². The minimum absolute atomic E-state index is 0.192. The third-order valence-electron chi connectivity index (χ3n) is 1.69. The largest absolute Gasteiger partial charge is 0.320 e.